The van der Waals surface area contributed by atoms with Gasteiger partial charge in [0.05, 0.1) is 18.4 Å². The Hall–Kier alpha value is -0.920. The second-order valence-corrected chi connectivity index (χ2v) is 5.82. The van der Waals surface area contributed by atoms with Gasteiger partial charge in [-0.15, -0.1) is 0 Å². The molecule has 20 heavy (non-hydrogen) atoms. The van der Waals surface area contributed by atoms with Crippen molar-refractivity contribution in [3.63, 3.8) is 0 Å². The zero-order chi connectivity index (χ0) is 15.1. The van der Waals surface area contributed by atoms with Crippen molar-refractivity contribution < 1.29 is 4.74 Å². The highest BCUT2D eigenvalue weighted by molar-refractivity contribution is 9.10. The molecule has 1 aromatic heterocycles. The largest absolute Gasteiger partial charge is 0.385 e. The third kappa shape index (κ3) is 5.22. The number of hydrogen-bond donors (Lipinski definition) is 1. The van der Waals surface area contributed by atoms with Gasteiger partial charge in [-0.25, -0.2) is 4.68 Å². The van der Waals surface area contributed by atoms with E-state index >= 15 is 0 Å². The number of nitrogens with zero attached hydrogens (tertiary/aromatic N) is 3. The van der Waals surface area contributed by atoms with E-state index in [0.717, 1.165) is 18.7 Å². The van der Waals surface area contributed by atoms with Crippen LogP contribution in [0.4, 0.5) is 5.69 Å². The molecule has 6 nitrogen and oxygen atoms in total. The summed E-state index contributed by atoms with van der Waals surface area (Å²) in [6, 6.07) is 0.213. The Bertz CT molecular complexity index is 476. The minimum absolute atomic E-state index is 0.115. The molecule has 1 heterocycles. The van der Waals surface area contributed by atoms with Gasteiger partial charge in [0, 0.05) is 26.3 Å². The molecule has 1 atom stereocenters. The van der Waals surface area contributed by atoms with Gasteiger partial charge in [0.15, 0.2) is 0 Å². The van der Waals surface area contributed by atoms with Gasteiger partial charge in [-0.05, 0) is 43.4 Å². The molecule has 0 aliphatic heterocycles. The maximum Gasteiger partial charge on any atom is 0.283 e. The van der Waals surface area contributed by atoms with Gasteiger partial charge >= 0.3 is 0 Å². The molecule has 0 radical (unpaired) electrons. The number of aromatic nitrogens is 2. The molecule has 1 N–H and O–H groups in total. The third-order valence-electron chi connectivity index (χ3n) is 2.90. The number of halogens is 1. The maximum atomic E-state index is 12.2. The van der Waals surface area contributed by atoms with E-state index in [1.807, 2.05) is 25.9 Å². The standard InChI is InChI=1S/C13H23BrN4O2/c1-10(5-8-20-4)16-11-9-15-18(7-6-17(2)3)13(19)12(11)14/h9-10,16H,5-8H2,1-4H3. The summed E-state index contributed by atoms with van der Waals surface area (Å²) >= 11 is 3.35. The molecular formula is C13H23BrN4O2. The second-order valence-electron chi connectivity index (χ2n) is 5.03. The van der Waals surface area contributed by atoms with E-state index < -0.39 is 0 Å². The minimum Gasteiger partial charge on any atom is -0.385 e. The number of hydrogen-bond acceptors (Lipinski definition) is 5. The predicted molar refractivity (Wildman–Crippen MR) is 84.3 cm³/mol. The fourth-order valence-corrected chi connectivity index (χ4v) is 2.07. The van der Waals surface area contributed by atoms with Gasteiger partial charge in [0.2, 0.25) is 0 Å². The number of ether oxygens (including phenoxy) is 1. The van der Waals surface area contributed by atoms with Crippen LogP contribution in [0, 0.1) is 0 Å². The Morgan fingerprint density at radius 2 is 2.25 bits per heavy atom. The Morgan fingerprint density at radius 1 is 1.55 bits per heavy atom. The van der Waals surface area contributed by atoms with Crippen LogP contribution in [0.15, 0.2) is 15.5 Å². The number of likely N-dealkylation sites (N-methyl/N-ethyl adjacent to an activating group) is 1. The summed E-state index contributed by atoms with van der Waals surface area (Å²) in [7, 11) is 5.61. The molecule has 0 spiro atoms. The van der Waals surface area contributed by atoms with E-state index in [1.165, 1.54) is 4.68 Å². The van der Waals surface area contributed by atoms with Crippen molar-refractivity contribution in [3.8, 4) is 0 Å². The fraction of sp³-hybridized carbons (Fsp3) is 0.692. The van der Waals surface area contributed by atoms with E-state index in [9.17, 15) is 4.79 Å². The molecule has 0 aromatic carbocycles. The molecule has 0 saturated carbocycles. The highest BCUT2D eigenvalue weighted by Crippen LogP contribution is 2.17. The lowest BCUT2D eigenvalue weighted by atomic mass is 10.2. The first-order valence-electron chi connectivity index (χ1n) is 6.61. The SMILES string of the molecule is COCCC(C)Nc1cnn(CCN(C)C)c(=O)c1Br. The van der Waals surface area contributed by atoms with Gasteiger partial charge in [0.25, 0.3) is 5.56 Å². The first-order chi connectivity index (χ1) is 9.45. The van der Waals surface area contributed by atoms with Crippen LogP contribution >= 0.6 is 15.9 Å². The van der Waals surface area contributed by atoms with Crippen LogP contribution in [0.25, 0.3) is 0 Å². The lowest BCUT2D eigenvalue weighted by Crippen LogP contribution is -2.30. The fourth-order valence-electron chi connectivity index (χ4n) is 1.65. The highest BCUT2D eigenvalue weighted by Gasteiger charge is 2.11. The molecule has 1 aromatic rings. The molecule has 0 fully saturated rings. The van der Waals surface area contributed by atoms with Crippen molar-refractivity contribution in [3.05, 3.63) is 21.0 Å². The van der Waals surface area contributed by atoms with Crippen LogP contribution < -0.4 is 10.9 Å². The topological polar surface area (TPSA) is 59.4 Å². The average molecular weight is 347 g/mol. The second kappa shape index (κ2) is 8.39. The van der Waals surface area contributed by atoms with Crippen LogP contribution in [-0.4, -0.2) is 55.1 Å². The van der Waals surface area contributed by atoms with Crippen molar-refractivity contribution in [1.82, 2.24) is 14.7 Å². The molecule has 0 amide bonds. The molecular weight excluding hydrogens is 324 g/mol. The Labute approximate surface area is 128 Å². The normalized spacial score (nSPS) is 12.7. The minimum atomic E-state index is -0.115. The number of methoxy groups -OCH3 is 1. The lowest BCUT2D eigenvalue weighted by molar-refractivity contribution is 0.191. The molecule has 7 heteroatoms. The van der Waals surface area contributed by atoms with Crippen molar-refractivity contribution in [2.24, 2.45) is 0 Å². The Morgan fingerprint density at radius 3 is 2.85 bits per heavy atom. The van der Waals surface area contributed by atoms with Gasteiger partial charge < -0.3 is 15.0 Å². The van der Waals surface area contributed by atoms with E-state index in [0.29, 0.717) is 17.6 Å². The lowest BCUT2D eigenvalue weighted by Gasteiger charge is -2.16. The molecule has 0 aliphatic rings. The average Bonchev–Trinajstić information content (AvgIpc) is 2.40. The summed E-state index contributed by atoms with van der Waals surface area (Å²) in [5, 5.41) is 7.46. The van der Waals surface area contributed by atoms with Crippen molar-refractivity contribution in [1.29, 1.82) is 0 Å². The van der Waals surface area contributed by atoms with Gasteiger partial charge in [-0.2, -0.15) is 5.10 Å². The summed E-state index contributed by atoms with van der Waals surface area (Å²) in [5.41, 5.74) is 0.607. The van der Waals surface area contributed by atoms with Gasteiger partial charge in [0.1, 0.15) is 4.47 Å². The molecule has 1 unspecified atom stereocenters. The number of rotatable bonds is 8. The van der Waals surface area contributed by atoms with Crippen LogP contribution in [0.1, 0.15) is 13.3 Å². The highest BCUT2D eigenvalue weighted by atomic mass is 79.9. The van der Waals surface area contributed by atoms with Crippen LogP contribution in [0.5, 0.6) is 0 Å². The first kappa shape index (κ1) is 17.1. The zero-order valence-corrected chi connectivity index (χ0v) is 14.1. The summed E-state index contributed by atoms with van der Waals surface area (Å²) in [4.78, 5) is 14.2. The smallest absolute Gasteiger partial charge is 0.283 e. The first-order valence-corrected chi connectivity index (χ1v) is 7.40. The molecule has 0 aliphatic carbocycles. The maximum absolute atomic E-state index is 12.2. The van der Waals surface area contributed by atoms with Crippen molar-refractivity contribution in [2.75, 3.05) is 39.7 Å². The van der Waals surface area contributed by atoms with Crippen molar-refractivity contribution in [2.45, 2.75) is 25.9 Å². The van der Waals surface area contributed by atoms with Gasteiger partial charge in [-0.1, -0.05) is 0 Å². The summed E-state index contributed by atoms with van der Waals surface area (Å²) in [6.07, 6.45) is 2.55. The quantitative estimate of drug-likeness (QED) is 0.771. The monoisotopic (exact) mass is 346 g/mol. The molecule has 0 bridgehead atoms. The van der Waals surface area contributed by atoms with E-state index in [4.69, 9.17) is 4.74 Å². The molecule has 1 rings (SSSR count). The van der Waals surface area contributed by atoms with E-state index in [-0.39, 0.29) is 11.6 Å². The van der Waals surface area contributed by atoms with Crippen LogP contribution in [-0.2, 0) is 11.3 Å². The number of anilines is 1. The summed E-state index contributed by atoms with van der Waals surface area (Å²) in [5.74, 6) is 0. The predicted octanol–water partition coefficient (Wildman–Crippen LogP) is 1.40. The molecule has 114 valence electrons. The zero-order valence-electron chi connectivity index (χ0n) is 12.5. The Kier molecular flexibility index (Phi) is 7.18. The van der Waals surface area contributed by atoms with Crippen molar-refractivity contribution >= 4 is 21.6 Å². The molecule has 0 saturated heterocycles. The van der Waals surface area contributed by atoms with E-state index in [1.54, 1.807) is 13.3 Å². The van der Waals surface area contributed by atoms with Crippen LogP contribution in [0.2, 0.25) is 0 Å². The summed E-state index contributed by atoms with van der Waals surface area (Å²) < 4.78 is 7.03. The summed E-state index contributed by atoms with van der Waals surface area (Å²) in [6.45, 7) is 4.07. The van der Waals surface area contributed by atoms with Crippen LogP contribution in [0.3, 0.4) is 0 Å². The Balaban J connectivity index is 2.75. The van der Waals surface area contributed by atoms with Gasteiger partial charge in [-0.3, -0.25) is 4.79 Å². The third-order valence-corrected chi connectivity index (χ3v) is 3.67. The van der Waals surface area contributed by atoms with E-state index in [2.05, 4.69) is 26.3 Å². The number of nitrogens with one attached hydrogen (secondary N) is 1.